The lowest BCUT2D eigenvalue weighted by atomic mass is 9.89. The summed E-state index contributed by atoms with van der Waals surface area (Å²) in [5, 5.41) is 0. The molecule has 1 saturated heterocycles. The number of nitrogens with zero attached hydrogens (tertiary/aromatic N) is 1. The fourth-order valence-electron chi connectivity index (χ4n) is 1.82. The van der Waals surface area contributed by atoms with Gasteiger partial charge in [0.25, 0.3) is 0 Å². The Morgan fingerprint density at radius 1 is 1.05 bits per heavy atom. The zero-order valence-electron chi connectivity index (χ0n) is 11.8. The molecule has 1 heterocycles. The van der Waals surface area contributed by atoms with Crippen LogP contribution < -0.4 is 0 Å². The Labute approximate surface area is 124 Å². The molecule has 1 fully saturated rings. The van der Waals surface area contributed by atoms with E-state index in [1.54, 1.807) is 24.1 Å². The minimum atomic E-state index is -0.973. The number of rotatable bonds is 3. The van der Waals surface area contributed by atoms with Gasteiger partial charge in [0.05, 0.1) is 13.1 Å². The molecule has 0 aromatic heterocycles. The van der Waals surface area contributed by atoms with Crippen LogP contribution in [0, 0.1) is 0 Å². The van der Waals surface area contributed by atoms with Gasteiger partial charge in [-0.3, -0.25) is 14.5 Å². The van der Waals surface area contributed by atoms with Gasteiger partial charge in [0.2, 0.25) is 0 Å². The quantitative estimate of drug-likeness (QED) is 0.619. The van der Waals surface area contributed by atoms with Crippen molar-refractivity contribution in [2.75, 3.05) is 20.1 Å². The molecular formula is C15H16BNO4. The molecule has 21 heavy (non-hydrogen) atoms. The van der Waals surface area contributed by atoms with Gasteiger partial charge in [-0.1, -0.05) is 48.6 Å². The van der Waals surface area contributed by atoms with E-state index < -0.39 is 19.1 Å². The average Bonchev–Trinajstić information content (AvgIpc) is 2.42. The van der Waals surface area contributed by atoms with E-state index in [-0.39, 0.29) is 13.1 Å². The van der Waals surface area contributed by atoms with E-state index in [1.165, 1.54) is 5.98 Å². The molecule has 0 radical (unpaired) electrons. The van der Waals surface area contributed by atoms with Gasteiger partial charge in [-0.15, -0.1) is 0 Å². The van der Waals surface area contributed by atoms with E-state index in [9.17, 15) is 9.59 Å². The van der Waals surface area contributed by atoms with Crippen LogP contribution in [-0.2, 0) is 18.9 Å². The van der Waals surface area contributed by atoms with E-state index in [1.807, 2.05) is 36.4 Å². The summed E-state index contributed by atoms with van der Waals surface area (Å²) in [6.07, 6.45) is 5.38. The highest BCUT2D eigenvalue weighted by atomic mass is 16.6. The first-order valence-corrected chi connectivity index (χ1v) is 6.61. The lowest BCUT2D eigenvalue weighted by molar-refractivity contribution is -0.145. The normalized spacial score (nSPS) is 17.7. The predicted octanol–water partition coefficient (Wildman–Crippen LogP) is 1.32. The molecule has 6 heteroatoms. The van der Waals surface area contributed by atoms with Gasteiger partial charge in [0.1, 0.15) is 0 Å². The van der Waals surface area contributed by atoms with Crippen LogP contribution in [-0.4, -0.2) is 44.1 Å². The summed E-state index contributed by atoms with van der Waals surface area (Å²) in [7, 11) is 0.681. The van der Waals surface area contributed by atoms with Crippen molar-refractivity contribution in [1.29, 1.82) is 0 Å². The number of hydrogen-bond donors (Lipinski definition) is 0. The number of carbonyl (C=O) groups excluding carboxylic acids is 2. The zero-order valence-corrected chi connectivity index (χ0v) is 11.8. The molecule has 1 aliphatic heterocycles. The van der Waals surface area contributed by atoms with Crippen LogP contribution in [0.3, 0.4) is 0 Å². The van der Waals surface area contributed by atoms with Crippen LogP contribution >= 0.6 is 0 Å². The monoisotopic (exact) mass is 285 g/mol. The fourth-order valence-corrected chi connectivity index (χ4v) is 1.82. The first kappa shape index (κ1) is 15.1. The minimum Gasteiger partial charge on any atom is -0.495 e. The van der Waals surface area contributed by atoms with Crippen molar-refractivity contribution in [3.8, 4) is 0 Å². The average molecular weight is 285 g/mol. The predicted molar refractivity (Wildman–Crippen MR) is 80.1 cm³/mol. The summed E-state index contributed by atoms with van der Waals surface area (Å²) in [6, 6.07) is 9.76. The number of benzene rings is 1. The summed E-state index contributed by atoms with van der Waals surface area (Å²) >= 11 is 0. The van der Waals surface area contributed by atoms with Crippen LogP contribution in [0.4, 0.5) is 0 Å². The Balaban J connectivity index is 1.94. The van der Waals surface area contributed by atoms with Crippen LogP contribution in [0.25, 0.3) is 6.08 Å². The van der Waals surface area contributed by atoms with Gasteiger partial charge in [-0.05, 0) is 18.6 Å². The first-order valence-electron chi connectivity index (χ1n) is 6.61. The maximum Gasteiger partial charge on any atom is 0.628 e. The van der Waals surface area contributed by atoms with Gasteiger partial charge < -0.3 is 9.31 Å². The maximum absolute atomic E-state index is 11.5. The summed E-state index contributed by atoms with van der Waals surface area (Å²) in [5.74, 6) is 0.680. The lowest BCUT2D eigenvalue weighted by Crippen LogP contribution is -2.41. The Bertz CT molecular complexity index is 536. The maximum atomic E-state index is 11.5. The van der Waals surface area contributed by atoms with E-state index >= 15 is 0 Å². The first-order chi connectivity index (χ1) is 10.1. The molecule has 0 amide bonds. The molecule has 0 spiro atoms. The molecule has 1 aromatic carbocycles. The molecule has 0 N–H and O–H groups in total. The molecule has 0 aliphatic carbocycles. The van der Waals surface area contributed by atoms with Crippen molar-refractivity contribution in [3.05, 3.63) is 54.0 Å². The summed E-state index contributed by atoms with van der Waals surface area (Å²) in [5.41, 5.74) is 1.05. The second-order valence-electron chi connectivity index (χ2n) is 4.68. The van der Waals surface area contributed by atoms with Crippen molar-refractivity contribution in [3.63, 3.8) is 0 Å². The summed E-state index contributed by atoms with van der Waals surface area (Å²) in [6.45, 7) is 0.137. The highest BCUT2D eigenvalue weighted by Gasteiger charge is 2.28. The zero-order chi connectivity index (χ0) is 15.1. The molecule has 5 nitrogen and oxygen atoms in total. The summed E-state index contributed by atoms with van der Waals surface area (Å²) in [4.78, 5) is 24.6. The Morgan fingerprint density at radius 2 is 1.67 bits per heavy atom. The third-order valence-electron chi connectivity index (χ3n) is 2.76. The van der Waals surface area contributed by atoms with Crippen molar-refractivity contribution >= 4 is 25.1 Å². The number of allylic oxidation sites excluding steroid dienone is 2. The van der Waals surface area contributed by atoms with Crippen LogP contribution in [0.2, 0.25) is 0 Å². The number of likely N-dealkylation sites (N-methyl/N-ethyl adjacent to an activating group) is 1. The van der Waals surface area contributed by atoms with Gasteiger partial charge in [0, 0.05) is 0 Å². The van der Waals surface area contributed by atoms with Crippen molar-refractivity contribution < 1.29 is 18.9 Å². The molecule has 1 aromatic rings. The molecule has 0 saturated carbocycles. The van der Waals surface area contributed by atoms with Crippen molar-refractivity contribution in [1.82, 2.24) is 4.90 Å². The Hall–Kier alpha value is -2.34. The van der Waals surface area contributed by atoms with Gasteiger partial charge >= 0.3 is 19.1 Å². The largest absolute Gasteiger partial charge is 0.628 e. The Morgan fingerprint density at radius 3 is 2.29 bits per heavy atom. The lowest BCUT2D eigenvalue weighted by Gasteiger charge is -2.20. The van der Waals surface area contributed by atoms with Crippen LogP contribution in [0.5, 0.6) is 0 Å². The van der Waals surface area contributed by atoms with E-state index in [2.05, 4.69) is 0 Å². The molecule has 0 bridgehead atoms. The van der Waals surface area contributed by atoms with Crippen LogP contribution in [0.15, 0.2) is 48.5 Å². The molecule has 0 unspecified atom stereocenters. The molecule has 2 rings (SSSR count). The second-order valence-corrected chi connectivity index (χ2v) is 4.68. The van der Waals surface area contributed by atoms with Gasteiger partial charge in [-0.2, -0.15) is 0 Å². The summed E-state index contributed by atoms with van der Waals surface area (Å²) < 4.78 is 10.1. The highest BCUT2D eigenvalue weighted by Crippen LogP contribution is 2.03. The second kappa shape index (κ2) is 7.45. The van der Waals surface area contributed by atoms with E-state index in [0.717, 1.165) is 5.56 Å². The smallest absolute Gasteiger partial charge is 0.495 e. The van der Waals surface area contributed by atoms with E-state index in [4.69, 9.17) is 9.31 Å². The molecule has 0 atom stereocenters. The standard InChI is InChI=1S/C15H16BNO4/c1-17-11-14(18)20-16(21-15(19)12-17)10-6-5-9-13-7-3-2-4-8-13/h2-10H,11-12H2,1H3/b9-5+,10-6+. The molecule has 1 aliphatic rings. The third-order valence-corrected chi connectivity index (χ3v) is 2.76. The Kier molecular flexibility index (Phi) is 5.34. The minimum absolute atomic E-state index is 0.0687. The molecule has 108 valence electrons. The number of hydrogen-bond acceptors (Lipinski definition) is 5. The van der Waals surface area contributed by atoms with Crippen molar-refractivity contribution in [2.45, 2.75) is 0 Å². The SMILES string of the molecule is CN1CC(=O)OB(/C=C/C=C/c2ccccc2)OC(=O)C1. The van der Waals surface area contributed by atoms with Crippen LogP contribution in [0.1, 0.15) is 5.56 Å². The highest BCUT2D eigenvalue weighted by molar-refractivity contribution is 6.54. The van der Waals surface area contributed by atoms with Gasteiger partial charge in [-0.25, -0.2) is 0 Å². The van der Waals surface area contributed by atoms with Crippen molar-refractivity contribution in [2.24, 2.45) is 0 Å². The number of carbonyl (C=O) groups is 2. The van der Waals surface area contributed by atoms with E-state index in [0.29, 0.717) is 0 Å². The van der Waals surface area contributed by atoms with Gasteiger partial charge in [0.15, 0.2) is 0 Å². The third kappa shape index (κ3) is 5.28. The fraction of sp³-hybridized carbons (Fsp3) is 0.200. The molecular weight excluding hydrogens is 269 g/mol. The topological polar surface area (TPSA) is 55.8 Å².